The molecule has 6 heteroatoms. The van der Waals surface area contributed by atoms with Gasteiger partial charge in [0.05, 0.1) is 11.4 Å². The third-order valence-electron chi connectivity index (χ3n) is 2.81. The monoisotopic (exact) mass is 290 g/mol. The molecule has 0 aliphatic rings. The van der Waals surface area contributed by atoms with Crippen LogP contribution < -0.4 is 51.4 Å². The predicted molar refractivity (Wildman–Crippen MR) is 63.2 cm³/mol. The van der Waals surface area contributed by atoms with Crippen molar-refractivity contribution in [1.82, 2.24) is 0 Å². The average molecular weight is 290 g/mol. The van der Waals surface area contributed by atoms with E-state index in [-0.39, 0.29) is 57.8 Å². The van der Waals surface area contributed by atoms with E-state index in [1.807, 2.05) is 0 Å². The summed E-state index contributed by atoms with van der Waals surface area (Å²) in [5.41, 5.74) is 0. The minimum atomic E-state index is -4.36. The fourth-order valence-corrected chi connectivity index (χ4v) is 2.74. The number of aliphatic hydroxyl groups excluding tert-OH is 1. The van der Waals surface area contributed by atoms with Gasteiger partial charge in [0, 0.05) is 0 Å². The van der Waals surface area contributed by atoms with Gasteiger partial charge < -0.3 is 9.66 Å². The van der Waals surface area contributed by atoms with E-state index in [0.717, 1.165) is 32.1 Å². The van der Waals surface area contributed by atoms with Crippen LogP contribution in [0.5, 0.6) is 0 Å². The first-order valence-corrected chi connectivity index (χ1v) is 7.53. The van der Waals surface area contributed by atoms with Crippen molar-refractivity contribution in [3.8, 4) is 0 Å². The molecule has 1 N–H and O–H groups in total. The van der Waals surface area contributed by atoms with Gasteiger partial charge in [-0.3, -0.25) is 0 Å². The van der Waals surface area contributed by atoms with Gasteiger partial charge >= 0.3 is 51.4 Å². The minimum Gasteiger partial charge on any atom is -0.748 e. The number of hydrogen-bond acceptors (Lipinski definition) is 4. The van der Waals surface area contributed by atoms with Crippen molar-refractivity contribution < 1.29 is 69.5 Å². The van der Waals surface area contributed by atoms with Gasteiger partial charge in [-0.15, -0.1) is 0 Å². The summed E-state index contributed by atoms with van der Waals surface area (Å²) in [7, 11) is -4.36. The predicted octanol–water partition coefficient (Wildman–Crippen LogP) is -0.964. The van der Waals surface area contributed by atoms with Crippen LogP contribution in [0, 0.1) is 0 Å². The summed E-state index contributed by atoms with van der Waals surface area (Å²) in [5, 5.41) is 8.48. The van der Waals surface area contributed by atoms with Crippen LogP contribution in [0.3, 0.4) is 0 Å². The molecule has 0 radical (unpaired) electrons. The van der Waals surface area contributed by atoms with E-state index in [2.05, 4.69) is 6.92 Å². The molecule has 0 heterocycles. The molecule has 0 saturated heterocycles. The molecule has 0 rings (SSSR count). The van der Waals surface area contributed by atoms with E-state index in [1.165, 1.54) is 0 Å². The molecule has 0 aliphatic carbocycles. The van der Waals surface area contributed by atoms with Crippen molar-refractivity contribution in [3.05, 3.63) is 0 Å². The Hall–Kier alpha value is 1.51. The van der Waals surface area contributed by atoms with E-state index in [4.69, 9.17) is 0 Å². The quantitative estimate of drug-likeness (QED) is 0.337. The second-order valence-electron chi connectivity index (χ2n) is 4.21. The molecular formula is C11H23KO4S. The van der Waals surface area contributed by atoms with E-state index in [1.54, 1.807) is 6.92 Å². The maximum atomic E-state index is 10.8. The van der Waals surface area contributed by atoms with E-state index in [0.29, 0.717) is 6.42 Å². The molecule has 0 aromatic carbocycles. The van der Waals surface area contributed by atoms with Crippen LogP contribution in [0.1, 0.15) is 58.8 Å². The standard InChI is InChI=1S/C11H24O4S.K/c1-3-5-6-7-8-9-10(12)11(4-2)16(13,14)15;/h10-12H,3-9H2,1-2H3,(H,13,14,15);/q;+1/p-1. The van der Waals surface area contributed by atoms with Crippen LogP contribution in [0.2, 0.25) is 0 Å². The van der Waals surface area contributed by atoms with Crippen molar-refractivity contribution in [2.75, 3.05) is 0 Å². The number of rotatable bonds is 9. The third-order valence-corrected chi connectivity index (χ3v) is 4.19. The summed E-state index contributed by atoms with van der Waals surface area (Å²) in [4.78, 5) is 0. The molecule has 0 bridgehead atoms. The first-order valence-electron chi connectivity index (χ1n) is 6.06. The number of unbranched alkanes of at least 4 members (excludes halogenated alkanes) is 4. The van der Waals surface area contributed by atoms with Gasteiger partial charge in [-0.25, -0.2) is 8.42 Å². The fraction of sp³-hybridized carbons (Fsp3) is 1.00. The average Bonchev–Trinajstić information content (AvgIpc) is 2.16. The molecular weight excluding hydrogens is 267 g/mol. The zero-order chi connectivity index (χ0) is 12.6. The van der Waals surface area contributed by atoms with Gasteiger partial charge in [-0.2, -0.15) is 0 Å². The maximum absolute atomic E-state index is 10.8. The van der Waals surface area contributed by atoms with Crippen LogP contribution in [0.4, 0.5) is 0 Å². The second kappa shape index (κ2) is 11.3. The van der Waals surface area contributed by atoms with Crippen molar-refractivity contribution in [2.24, 2.45) is 0 Å². The first-order chi connectivity index (χ1) is 7.43. The number of hydrogen-bond donors (Lipinski definition) is 1. The zero-order valence-electron chi connectivity index (χ0n) is 11.2. The normalized spacial score (nSPS) is 15.1. The van der Waals surface area contributed by atoms with Crippen LogP contribution in [0.15, 0.2) is 0 Å². The minimum absolute atomic E-state index is 0. The van der Waals surface area contributed by atoms with Gasteiger partial charge in [0.2, 0.25) is 0 Å². The van der Waals surface area contributed by atoms with Gasteiger partial charge in [-0.05, 0) is 12.8 Å². The van der Waals surface area contributed by atoms with E-state index < -0.39 is 21.5 Å². The molecule has 4 nitrogen and oxygen atoms in total. The Morgan fingerprint density at radius 1 is 1.12 bits per heavy atom. The van der Waals surface area contributed by atoms with Gasteiger partial charge in [0.15, 0.2) is 0 Å². The van der Waals surface area contributed by atoms with Crippen molar-refractivity contribution >= 4 is 10.1 Å². The van der Waals surface area contributed by atoms with E-state index >= 15 is 0 Å². The smallest absolute Gasteiger partial charge is 0.748 e. The molecule has 2 unspecified atom stereocenters. The summed E-state index contributed by atoms with van der Waals surface area (Å²) in [6.07, 6.45) is 4.76. The Morgan fingerprint density at radius 3 is 2.06 bits per heavy atom. The first kappa shape index (κ1) is 20.8. The largest absolute Gasteiger partial charge is 1.00 e. The molecule has 0 amide bonds. The summed E-state index contributed by atoms with van der Waals surface area (Å²) in [6, 6.07) is 0. The van der Waals surface area contributed by atoms with Crippen molar-refractivity contribution in [2.45, 2.75) is 70.1 Å². The fourth-order valence-electron chi connectivity index (χ4n) is 1.81. The van der Waals surface area contributed by atoms with Gasteiger partial charge in [0.1, 0.15) is 10.1 Å². The van der Waals surface area contributed by atoms with Crippen molar-refractivity contribution in [3.63, 3.8) is 0 Å². The van der Waals surface area contributed by atoms with Gasteiger partial charge in [-0.1, -0.05) is 46.0 Å². The summed E-state index contributed by atoms with van der Waals surface area (Å²) in [6.45, 7) is 3.73. The Labute approximate surface area is 148 Å². The molecule has 2 atom stereocenters. The van der Waals surface area contributed by atoms with Crippen LogP contribution >= 0.6 is 0 Å². The SMILES string of the molecule is CCCCCCCC(O)C(CC)S(=O)(=O)[O-].[K+]. The van der Waals surface area contributed by atoms with Crippen LogP contribution in [-0.2, 0) is 10.1 Å². The second-order valence-corrected chi connectivity index (χ2v) is 5.80. The zero-order valence-corrected chi connectivity index (χ0v) is 15.1. The molecule has 0 aromatic heterocycles. The molecule has 98 valence electrons. The van der Waals surface area contributed by atoms with Crippen molar-refractivity contribution in [1.29, 1.82) is 0 Å². The van der Waals surface area contributed by atoms with Gasteiger partial charge in [0.25, 0.3) is 0 Å². The van der Waals surface area contributed by atoms with Crippen LogP contribution in [0.25, 0.3) is 0 Å². The Balaban J connectivity index is 0. The Morgan fingerprint density at radius 2 is 1.65 bits per heavy atom. The summed E-state index contributed by atoms with van der Waals surface area (Å²) < 4.78 is 32.5. The molecule has 0 fully saturated rings. The maximum Gasteiger partial charge on any atom is 1.00 e. The molecule has 0 aliphatic heterocycles. The Kier molecular flexibility index (Phi) is 13.9. The molecule has 17 heavy (non-hydrogen) atoms. The molecule has 0 spiro atoms. The van der Waals surface area contributed by atoms with Crippen LogP contribution in [-0.4, -0.2) is 29.4 Å². The topological polar surface area (TPSA) is 77.4 Å². The summed E-state index contributed by atoms with van der Waals surface area (Å²) in [5.74, 6) is 0. The summed E-state index contributed by atoms with van der Waals surface area (Å²) >= 11 is 0. The Bertz CT molecular complexity index is 267. The third kappa shape index (κ3) is 10.0. The molecule has 0 saturated carbocycles. The van der Waals surface area contributed by atoms with E-state index in [9.17, 15) is 18.1 Å². The number of aliphatic hydroxyl groups is 1. The molecule has 0 aromatic rings.